The molecule has 3 nitrogen and oxygen atoms in total. The van der Waals surface area contributed by atoms with Crippen LogP contribution in [0.2, 0.25) is 0 Å². The largest absolute Gasteiger partial charge is 0.461 e. The summed E-state index contributed by atoms with van der Waals surface area (Å²) in [5.74, 6) is 3.19. The average molecular weight is 321 g/mol. The molecule has 1 amide bonds. The Labute approximate surface area is 143 Å². The molecule has 0 spiro atoms. The quantitative estimate of drug-likeness (QED) is 0.728. The molecule has 2 fully saturated rings. The van der Waals surface area contributed by atoms with Gasteiger partial charge in [0.1, 0.15) is 11.5 Å². The van der Waals surface area contributed by atoms with Gasteiger partial charge in [0, 0.05) is 24.6 Å². The van der Waals surface area contributed by atoms with Crippen LogP contribution < -0.4 is 0 Å². The number of hydrogen-bond donors (Lipinski definition) is 0. The van der Waals surface area contributed by atoms with E-state index in [0.717, 1.165) is 30.3 Å². The Balaban J connectivity index is 1.42. The molecule has 0 radical (unpaired) electrons. The number of carbonyl (C=O) groups is 1. The van der Waals surface area contributed by atoms with Crippen molar-refractivity contribution in [2.24, 2.45) is 5.92 Å². The number of amides is 1. The zero-order chi connectivity index (χ0) is 16.5. The van der Waals surface area contributed by atoms with Crippen molar-refractivity contribution in [2.75, 3.05) is 0 Å². The van der Waals surface area contributed by atoms with Gasteiger partial charge in [0.05, 0.1) is 0 Å². The van der Waals surface area contributed by atoms with Gasteiger partial charge in [-0.3, -0.25) is 4.79 Å². The van der Waals surface area contributed by atoms with Crippen molar-refractivity contribution >= 4 is 12.0 Å². The molecule has 3 heteroatoms. The van der Waals surface area contributed by atoms with Gasteiger partial charge in [0.25, 0.3) is 0 Å². The molecule has 0 bridgehead atoms. The highest BCUT2D eigenvalue weighted by molar-refractivity contribution is 5.91. The van der Waals surface area contributed by atoms with Crippen molar-refractivity contribution in [3.63, 3.8) is 0 Å². The molecule has 1 heterocycles. The van der Waals surface area contributed by atoms with Gasteiger partial charge in [-0.25, -0.2) is 0 Å². The highest BCUT2D eigenvalue weighted by atomic mass is 16.3. The van der Waals surface area contributed by atoms with Crippen LogP contribution in [0.3, 0.4) is 0 Å². The van der Waals surface area contributed by atoms with Crippen molar-refractivity contribution in [1.82, 2.24) is 4.90 Å². The zero-order valence-corrected chi connectivity index (χ0v) is 14.0. The van der Waals surface area contributed by atoms with E-state index < -0.39 is 0 Å². The molecule has 24 heavy (non-hydrogen) atoms. The van der Waals surface area contributed by atoms with Gasteiger partial charge < -0.3 is 9.32 Å². The predicted molar refractivity (Wildman–Crippen MR) is 94.3 cm³/mol. The molecule has 4 rings (SSSR count). The maximum atomic E-state index is 12.6. The number of hydrogen-bond acceptors (Lipinski definition) is 2. The van der Waals surface area contributed by atoms with Crippen molar-refractivity contribution in [2.45, 2.75) is 44.7 Å². The van der Waals surface area contributed by atoms with Gasteiger partial charge in [0.2, 0.25) is 5.91 Å². The lowest BCUT2D eigenvalue weighted by atomic mass is 10.2. The Morgan fingerprint density at radius 2 is 1.96 bits per heavy atom. The Morgan fingerprint density at radius 1 is 1.21 bits per heavy atom. The summed E-state index contributed by atoms with van der Waals surface area (Å²) in [5.41, 5.74) is 1.18. The standard InChI is InChI=1S/C21H23NO2/c1-15-13-19(15)20-11-9-18(24-20)10-12-21(23)22(17-7-8-17)14-16-5-3-2-4-6-16/h2-6,9-12,15,17,19H,7-8,13-14H2,1H3/b12-10+/t15-,19-/m0/s1. The van der Waals surface area contributed by atoms with E-state index in [1.807, 2.05) is 35.2 Å². The van der Waals surface area contributed by atoms with Crippen molar-refractivity contribution < 1.29 is 9.21 Å². The smallest absolute Gasteiger partial charge is 0.247 e. The average Bonchev–Trinajstić information content (AvgIpc) is 3.51. The molecule has 2 atom stereocenters. The summed E-state index contributed by atoms with van der Waals surface area (Å²) in [6, 6.07) is 14.6. The van der Waals surface area contributed by atoms with E-state index in [9.17, 15) is 4.79 Å². The molecule has 0 saturated heterocycles. The van der Waals surface area contributed by atoms with Crippen LogP contribution in [-0.2, 0) is 11.3 Å². The van der Waals surface area contributed by atoms with Crippen LogP contribution in [0.25, 0.3) is 6.08 Å². The van der Waals surface area contributed by atoms with E-state index in [4.69, 9.17) is 4.42 Å². The van der Waals surface area contributed by atoms with Crippen molar-refractivity contribution in [3.05, 3.63) is 65.6 Å². The van der Waals surface area contributed by atoms with E-state index >= 15 is 0 Å². The summed E-state index contributed by atoms with van der Waals surface area (Å²) in [6.07, 6.45) is 6.88. The normalized spacial score (nSPS) is 22.7. The predicted octanol–water partition coefficient (Wildman–Crippen LogP) is 4.61. The minimum absolute atomic E-state index is 0.0686. The van der Waals surface area contributed by atoms with E-state index in [-0.39, 0.29) is 5.91 Å². The van der Waals surface area contributed by atoms with Crippen LogP contribution in [0.4, 0.5) is 0 Å². The second-order valence-electron chi connectivity index (χ2n) is 7.08. The fraction of sp³-hybridized carbons (Fsp3) is 0.381. The Hall–Kier alpha value is -2.29. The second-order valence-corrected chi connectivity index (χ2v) is 7.08. The highest BCUT2D eigenvalue weighted by Gasteiger charge is 2.36. The molecular weight excluding hydrogens is 298 g/mol. The van der Waals surface area contributed by atoms with Crippen LogP contribution in [0.1, 0.15) is 49.2 Å². The van der Waals surface area contributed by atoms with Crippen LogP contribution in [0, 0.1) is 5.92 Å². The van der Waals surface area contributed by atoms with Crippen LogP contribution in [-0.4, -0.2) is 16.8 Å². The summed E-state index contributed by atoms with van der Waals surface area (Å²) in [4.78, 5) is 14.6. The van der Waals surface area contributed by atoms with Gasteiger partial charge in [0.15, 0.2) is 0 Å². The van der Waals surface area contributed by atoms with Gasteiger partial charge in [-0.1, -0.05) is 37.3 Å². The second kappa shape index (κ2) is 6.31. The Kier molecular flexibility index (Phi) is 4.01. The fourth-order valence-corrected chi connectivity index (χ4v) is 3.18. The lowest BCUT2D eigenvalue weighted by molar-refractivity contribution is -0.127. The first-order chi connectivity index (χ1) is 11.7. The molecule has 0 N–H and O–H groups in total. The van der Waals surface area contributed by atoms with Crippen molar-refractivity contribution in [1.29, 1.82) is 0 Å². The summed E-state index contributed by atoms with van der Waals surface area (Å²) in [6.45, 7) is 2.92. The number of furan rings is 1. The van der Waals surface area contributed by atoms with E-state index in [1.54, 1.807) is 12.2 Å². The van der Waals surface area contributed by atoms with E-state index in [0.29, 0.717) is 18.5 Å². The van der Waals surface area contributed by atoms with Crippen LogP contribution >= 0.6 is 0 Å². The molecule has 2 aliphatic carbocycles. The van der Waals surface area contributed by atoms with Gasteiger partial charge in [-0.05, 0) is 49.0 Å². The summed E-state index contributed by atoms with van der Waals surface area (Å²) in [7, 11) is 0. The number of benzene rings is 1. The van der Waals surface area contributed by atoms with Gasteiger partial charge >= 0.3 is 0 Å². The van der Waals surface area contributed by atoms with Gasteiger partial charge in [-0.2, -0.15) is 0 Å². The maximum Gasteiger partial charge on any atom is 0.247 e. The lowest BCUT2D eigenvalue weighted by Crippen LogP contribution is -2.31. The zero-order valence-electron chi connectivity index (χ0n) is 14.0. The minimum atomic E-state index is 0.0686. The van der Waals surface area contributed by atoms with Gasteiger partial charge in [-0.15, -0.1) is 0 Å². The summed E-state index contributed by atoms with van der Waals surface area (Å²) < 4.78 is 5.84. The molecule has 1 aromatic carbocycles. The van der Waals surface area contributed by atoms with Crippen LogP contribution in [0.5, 0.6) is 0 Å². The number of carbonyl (C=O) groups excluding carboxylic acids is 1. The third-order valence-corrected chi connectivity index (χ3v) is 4.98. The third kappa shape index (κ3) is 3.45. The molecule has 1 aromatic heterocycles. The van der Waals surface area contributed by atoms with Crippen molar-refractivity contribution in [3.8, 4) is 0 Å². The first-order valence-electron chi connectivity index (χ1n) is 8.83. The summed E-state index contributed by atoms with van der Waals surface area (Å²) >= 11 is 0. The molecule has 0 unspecified atom stereocenters. The minimum Gasteiger partial charge on any atom is -0.461 e. The monoisotopic (exact) mass is 321 g/mol. The molecule has 124 valence electrons. The molecule has 2 aromatic rings. The Bertz CT molecular complexity index is 742. The molecule has 2 saturated carbocycles. The van der Waals surface area contributed by atoms with E-state index in [2.05, 4.69) is 19.1 Å². The SMILES string of the molecule is C[C@H]1C[C@@H]1c1ccc(/C=C/C(=O)N(Cc2ccccc2)C2CC2)o1. The Morgan fingerprint density at radius 3 is 2.62 bits per heavy atom. The fourth-order valence-electron chi connectivity index (χ4n) is 3.18. The van der Waals surface area contributed by atoms with Crippen LogP contribution in [0.15, 0.2) is 53.0 Å². The molecular formula is C21H23NO2. The lowest BCUT2D eigenvalue weighted by Gasteiger charge is -2.20. The van der Waals surface area contributed by atoms with E-state index in [1.165, 1.54) is 12.0 Å². The molecule has 2 aliphatic rings. The maximum absolute atomic E-state index is 12.6. The first-order valence-corrected chi connectivity index (χ1v) is 8.83. The topological polar surface area (TPSA) is 33.5 Å². The third-order valence-electron chi connectivity index (χ3n) is 4.98. The first kappa shape index (κ1) is 15.3. The number of nitrogens with zero attached hydrogens (tertiary/aromatic N) is 1. The summed E-state index contributed by atoms with van der Waals surface area (Å²) in [5, 5.41) is 0. The highest BCUT2D eigenvalue weighted by Crippen LogP contribution is 2.47. The number of rotatable bonds is 6. The molecule has 0 aliphatic heterocycles.